The summed E-state index contributed by atoms with van der Waals surface area (Å²) in [5, 5.41) is 10.1. The van der Waals surface area contributed by atoms with Crippen LogP contribution in [-0.2, 0) is 11.3 Å². The molecule has 1 aliphatic rings. The smallest absolute Gasteiger partial charge is 0.124 e. The Hall–Kier alpha value is -1.10. The van der Waals surface area contributed by atoms with Crippen molar-refractivity contribution in [1.29, 1.82) is 0 Å². The number of hydrogen-bond donors (Lipinski definition) is 1. The molecule has 1 aliphatic heterocycles. The lowest BCUT2D eigenvalue weighted by Gasteiger charge is -2.31. The van der Waals surface area contributed by atoms with Gasteiger partial charge in [-0.2, -0.15) is 0 Å². The van der Waals surface area contributed by atoms with E-state index in [4.69, 9.17) is 9.47 Å². The third-order valence-corrected chi connectivity index (χ3v) is 4.11. The summed E-state index contributed by atoms with van der Waals surface area (Å²) >= 11 is 0. The maximum atomic E-state index is 10.1. The Balaban J connectivity index is 1.68. The van der Waals surface area contributed by atoms with Crippen LogP contribution in [0.4, 0.5) is 0 Å². The van der Waals surface area contributed by atoms with Gasteiger partial charge in [0.05, 0.1) is 26.4 Å². The van der Waals surface area contributed by atoms with E-state index in [1.54, 1.807) is 7.11 Å². The zero-order valence-electron chi connectivity index (χ0n) is 13.1. The second-order valence-electron chi connectivity index (χ2n) is 5.96. The first-order chi connectivity index (χ1) is 10.2. The minimum atomic E-state index is -0.423. The van der Waals surface area contributed by atoms with Gasteiger partial charge in [-0.15, -0.1) is 0 Å². The average molecular weight is 293 g/mol. The summed E-state index contributed by atoms with van der Waals surface area (Å²) in [6.07, 6.45) is 2.04. The molecule has 0 spiro atoms. The number of nitrogens with zero attached hydrogens (tertiary/aromatic N) is 1. The van der Waals surface area contributed by atoms with Gasteiger partial charge in [0.1, 0.15) is 5.75 Å². The highest BCUT2D eigenvalue weighted by atomic mass is 16.5. The molecule has 4 heteroatoms. The van der Waals surface area contributed by atoms with Crippen LogP contribution in [0.15, 0.2) is 24.3 Å². The van der Waals surface area contributed by atoms with Gasteiger partial charge in [0, 0.05) is 12.1 Å². The minimum Gasteiger partial charge on any atom is -0.496 e. The van der Waals surface area contributed by atoms with Gasteiger partial charge in [-0.05, 0) is 37.9 Å². The molecule has 4 nitrogen and oxygen atoms in total. The molecule has 1 saturated heterocycles. The van der Waals surface area contributed by atoms with Crippen molar-refractivity contribution in [3.05, 3.63) is 29.8 Å². The van der Waals surface area contributed by atoms with Gasteiger partial charge in [-0.3, -0.25) is 0 Å². The number of piperidine rings is 1. The molecule has 1 fully saturated rings. The van der Waals surface area contributed by atoms with Crippen LogP contribution >= 0.6 is 0 Å². The Morgan fingerprint density at radius 1 is 1.29 bits per heavy atom. The lowest BCUT2D eigenvalue weighted by atomic mass is 9.99. The maximum absolute atomic E-state index is 10.1. The summed E-state index contributed by atoms with van der Waals surface area (Å²) in [6, 6.07) is 7.81. The molecular formula is C17H27NO3. The van der Waals surface area contributed by atoms with Crippen molar-refractivity contribution in [3.8, 4) is 5.75 Å². The number of rotatable bonds is 7. The molecule has 21 heavy (non-hydrogen) atoms. The molecule has 0 amide bonds. The molecule has 0 aromatic heterocycles. The van der Waals surface area contributed by atoms with Crippen LogP contribution in [0.3, 0.4) is 0 Å². The van der Waals surface area contributed by atoms with E-state index in [0.29, 0.717) is 19.8 Å². The van der Waals surface area contributed by atoms with Gasteiger partial charge in [0.25, 0.3) is 0 Å². The zero-order chi connectivity index (χ0) is 15.1. The molecule has 2 rings (SSSR count). The molecule has 118 valence electrons. The molecule has 1 atom stereocenters. The number of β-amino-alcohol motifs (C(OH)–C–C–N with tert-alkyl or cyclic N) is 1. The van der Waals surface area contributed by atoms with E-state index < -0.39 is 6.10 Å². The number of aliphatic hydroxyl groups is 1. The Kier molecular flexibility index (Phi) is 6.49. The van der Waals surface area contributed by atoms with E-state index in [1.807, 2.05) is 24.3 Å². The molecule has 0 radical (unpaired) electrons. The van der Waals surface area contributed by atoms with Crippen molar-refractivity contribution in [3.63, 3.8) is 0 Å². The van der Waals surface area contributed by atoms with Gasteiger partial charge >= 0.3 is 0 Å². The van der Waals surface area contributed by atoms with Gasteiger partial charge in [-0.25, -0.2) is 0 Å². The fourth-order valence-corrected chi connectivity index (χ4v) is 2.72. The second kappa shape index (κ2) is 8.37. The molecular weight excluding hydrogens is 266 g/mol. The Morgan fingerprint density at radius 2 is 2.00 bits per heavy atom. The first kappa shape index (κ1) is 16.3. The Labute approximate surface area is 127 Å². The Morgan fingerprint density at radius 3 is 2.71 bits per heavy atom. The molecule has 1 unspecified atom stereocenters. The third kappa shape index (κ3) is 5.30. The lowest BCUT2D eigenvalue weighted by Crippen LogP contribution is -2.39. The fraction of sp³-hybridized carbons (Fsp3) is 0.647. The van der Waals surface area contributed by atoms with E-state index in [9.17, 15) is 5.11 Å². The molecule has 0 saturated carbocycles. The number of aliphatic hydroxyl groups excluding tert-OH is 1. The molecule has 0 bridgehead atoms. The van der Waals surface area contributed by atoms with Gasteiger partial charge in [0.2, 0.25) is 0 Å². The number of likely N-dealkylation sites (tertiary alicyclic amines) is 1. The summed E-state index contributed by atoms with van der Waals surface area (Å²) < 4.78 is 10.9. The summed E-state index contributed by atoms with van der Waals surface area (Å²) in [6.45, 7) is 6.01. The number of benzene rings is 1. The molecule has 0 aliphatic carbocycles. The highest BCUT2D eigenvalue weighted by molar-refractivity contribution is 5.32. The predicted molar refractivity (Wildman–Crippen MR) is 83.5 cm³/mol. The van der Waals surface area contributed by atoms with Crippen LogP contribution in [0.1, 0.15) is 25.3 Å². The van der Waals surface area contributed by atoms with E-state index in [0.717, 1.165) is 30.3 Å². The van der Waals surface area contributed by atoms with Crippen molar-refractivity contribution >= 4 is 0 Å². The standard InChI is InChI=1S/C17H27NO3/c1-14-7-9-18(10-8-14)11-16(19)13-21-12-15-5-3-4-6-17(15)20-2/h3-6,14,16,19H,7-13H2,1-2H3. The fourth-order valence-electron chi connectivity index (χ4n) is 2.72. The molecule has 1 N–H and O–H groups in total. The van der Waals surface area contributed by atoms with E-state index >= 15 is 0 Å². The highest BCUT2D eigenvalue weighted by Crippen LogP contribution is 2.18. The van der Waals surface area contributed by atoms with Crippen LogP contribution in [-0.4, -0.2) is 49.5 Å². The van der Waals surface area contributed by atoms with E-state index in [2.05, 4.69) is 11.8 Å². The molecule has 1 heterocycles. The lowest BCUT2D eigenvalue weighted by molar-refractivity contribution is 0.00453. The quantitative estimate of drug-likeness (QED) is 0.837. The SMILES string of the molecule is COc1ccccc1COCC(O)CN1CCC(C)CC1. The molecule has 1 aromatic rings. The van der Waals surface area contributed by atoms with Crippen molar-refractivity contribution in [2.24, 2.45) is 5.92 Å². The topological polar surface area (TPSA) is 41.9 Å². The van der Waals surface area contributed by atoms with Crippen molar-refractivity contribution in [2.75, 3.05) is 33.4 Å². The van der Waals surface area contributed by atoms with Gasteiger partial charge < -0.3 is 19.5 Å². The average Bonchev–Trinajstić information content (AvgIpc) is 2.50. The predicted octanol–water partition coefficient (Wildman–Crippen LogP) is 2.30. The van der Waals surface area contributed by atoms with Crippen molar-refractivity contribution in [1.82, 2.24) is 4.90 Å². The first-order valence-corrected chi connectivity index (χ1v) is 7.79. The third-order valence-electron chi connectivity index (χ3n) is 4.11. The number of para-hydroxylation sites is 1. The minimum absolute atomic E-state index is 0.365. The summed E-state index contributed by atoms with van der Waals surface area (Å²) in [7, 11) is 1.66. The maximum Gasteiger partial charge on any atom is 0.124 e. The van der Waals surface area contributed by atoms with Crippen LogP contribution in [0, 0.1) is 5.92 Å². The first-order valence-electron chi connectivity index (χ1n) is 7.79. The van der Waals surface area contributed by atoms with Gasteiger partial charge in [-0.1, -0.05) is 25.1 Å². The van der Waals surface area contributed by atoms with Gasteiger partial charge in [0.15, 0.2) is 0 Å². The largest absolute Gasteiger partial charge is 0.496 e. The van der Waals surface area contributed by atoms with Crippen LogP contribution < -0.4 is 4.74 Å². The molecule has 1 aromatic carbocycles. The van der Waals surface area contributed by atoms with Crippen LogP contribution in [0.25, 0.3) is 0 Å². The summed E-state index contributed by atoms with van der Waals surface area (Å²) in [4.78, 5) is 2.33. The monoisotopic (exact) mass is 293 g/mol. The summed E-state index contributed by atoms with van der Waals surface area (Å²) in [5.74, 6) is 1.65. The Bertz CT molecular complexity index is 416. The normalized spacial score (nSPS) is 18.6. The number of hydrogen-bond acceptors (Lipinski definition) is 4. The summed E-state index contributed by atoms with van der Waals surface area (Å²) in [5.41, 5.74) is 1.01. The van der Waals surface area contributed by atoms with Crippen molar-refractivity contribution in [2.45, 2.75) is 32.5 Å². The number of ether oxygens (including phenoxy) is 2. The van der Waals surface area contributed by atoms with E-state index in [1.165, 1.54) is 12.8 Å². The van der Waals surface area contributed by atoms with Crippen molar-refractivity contribution < 1.29 is 14.6 Å². The zero-order valence-corrected chi connectivity index (χ0v) is 13.1. The second-order valence-corrected chi connectivity index (χ2v) is 5.96. The van der Waals surface area contributed by atoms with Crippen LogP contribution in [0.5, 0.6) is 5.75 Å². The van der Waals surface area contributed by atoms with E-state index in [-0.39, 0.29) is 0 Å². The highest BCUT2D eigenvalue weighted by Gasteiger charge is 2.18. The van der Waals surface area contributed by atoms with Crippen LogP contribution in [0.2, 0.25) is 0 Å². The number of methoxy groups -OCH3 is 1.